The van der Waals surface area contributed by atoms with E-state index in [4.69, 9.17) is 25.6 Å². The van der Waals surface area contributed by atoms with Crippen LogP contribution in [0.5, 0.6) is 0 Å². The van der Waals surface area contributed by atoms with Crippen LogP contribution in [0.2, 0.25) is 5.02 Å². The van der Waals surface area contributed by atoms with E-state index in [1.807, 2.05) is 6.92 Å². The maximum Gasteiger partial charge on any atom is 0.257 e. The predicted molar refractivity (Wildman–Crippen MR) is 93.7 cm³/mol. The highest BCUT2D eigenvalue weighted by molar-refractivity contribution is 6.33. The number of ether oxygens (including phenoxy) is 2. The average Bonchev–Trinajstić information content (AvgIpc) is 3.23. The summed E-state index contributed by atoms with van der Waals surface area (Å²) in [5.74, 6) is -0.705. The third kappa shape index (κ3) is 4.06. The van der Waals surface area contributed by atoms with Crippen LogP contribution in [0.25, 0.3) is 11.3 Å². The van der Waals surface area contributed by atoms with Gasteiger partial charge >= 0.3 is 0 Å². The maximum atomic E-state index is 14.2. The molecule has 8 heteroatoms. The molecule has 0 aliphatic carbocycles. The first-order valence-electron chi connectivity index (χ1n) is 8.38. The van der Waals surface area contributed by atoms with E-state index in [9.17, 15) is 9.18 Å². The van der Waals surface area contributed by atoms with Crippen molar-refractivity contribution >= 4 is 17.5 Å². The Bertz CT molecular complexity index is 769. The van der Waals surface area contributed by atoms with Gasteiger partial charge in [-0.3, -0.25) is 4.79 Å². The van der Waals surface area contributed by atoms with Crippen molar-refractivity contribution in [3.63, 3.8) is 0 Å². The lowest BCUT2D eigenvalue weighted by molar-refractivity contribution is 0.0318. The number of hydrogen-bond acceptors (Lipinski definition) is 5. The summed E-state index contributed by atoms with van der Waals surface area (Å²) in [6.07, 6.45) is 0.904. The molecule has 1 saturated heterocycles. The van der Waals surface area contributed by atoms with E-state index in [1.165, 1.54) is 18.2 Å². The highest BCUT2D eigenvalue weighted by atomic mass is 35.5. The van der Waals surface area contributed by atoms with Gasteiger partial charge in [0, 0.05) is 12.6 Å². The summed E-state index contributed by atoms with van der Waals surface area (Å²) >= 11 is 6.09. The van der Waals surface area contributed by atoms with Gasteiger partial charge in [0.15, 0.2) is 0 Å². The van der Waals surface area contributed by atoms with Gasteiger partial charge in [0.1, 0.15) is 22.8 Å². The van der Waals surface area contributed by atoms with Crippen molar-refractivity contribution in [1.82, 2.24) is 10.5 Å². The van der Waals surface area contributed by atoms with Crippen LogP contribution in [0, 0.1) is 12.7 Å². The number of aromatic nitrogens is 1. The third-order valence-electron chi connectivity index (χ3n) is 4.14. The number of aryl methyl sites for hydroxylation is 1. The largest absolute Gasteiger partial charge is 0.379 e. The fourth-order valence-electron chi connectivity index (χ4n) is 2.80. The molecule has 1 fully saturated rings. The molecule has 0 bridgehead atoms. The second-order valence-electron chi connectivity index (χ2n) is 6.25. The molecule has 1 aliphatic rings. The van der Waals surface area contributed by atoms with Gasteiger partial charge in [0.2, 0.25) is 0 Å². The number of carbonyl (C=O) groups is 1. The molecule has 0 unspecified atom stereocenters. The molecule has 2 aromatic rings. The van der Waals surface area contributed by atoms with Gasteiger partial charge in [-0.2, -0.15) is 0 Å². The number of hydrogen-bond donors (Lipinski definition) is 1. The van der Waals surface area contributed by atoms with Crippen LogP contribution in [0.1, 0.15) is 29.5 Å². The van der Waals surface area contributed by atoms with Crippen LogP contribution in [0.15, 0.2) is 22.7 Å². The van der Waals surface area contributed by atoms with Crippen molar-refractivity contribution in [2.45, 2.75) is 32.4 Å². The highest BCUT2D eigenvalue weighted by Gasteiger charge is 2.26. The van der Waals surface area contributed by atoms with Gasteiger partial charge < -0.3 is 19.3 Å². The summed E-state index contributed by atoms with van der Waals surface area (Å²) in [4.78, 5) is 12.7. The van der Waals surface area contributed by atoms with Crippen molar-refractivity contribution in [3.8, 4) is 11.3 Å². The third-order valence-corrected chi connectivity index (χ3v) is 4.45. The minimum Gasteiger partial charge on any atom is -0.379 e. The monoisotopic (exact) mass is 382 g/mol. The minimum absolute atomic E-state index is 0.0446. The Kier molecular flexibility index (Phi) is 5.90. The van der Waals surface area contributed by atoms with Crippen molar-refractivity contribution in [1.29, 1.82) is 0 Å². The smallest absolute Gasteiger partial charge is 0.257 e. The Hall–Kier alpha value is -1.96. The lowest BCUT2D eigenvalue weighted by Crippen LogP contribution is -2.37. The molecule has 1 aromatic carbocycles. The standard InChI is InChI=1S/C18H20ClFN2O4/c1-10(8-25-12-6-7-24-9-12)21-18(23)15-11(2)26-22-17(15)16-13(19)4-3-5-14(16)20/h3-5,10,12H,6-9H2,1-2H3,(H,21,23)/t10-,12-/m0/s1. The van der Waals surface area contributed by atoms with Crippen molar-refractivity contribution in [2.24, 2.45) is 0 Å². The van der Waals surface area contributed by atoms with E-state index in [2.05, 4.69) is 10.5 Å². The van der Waals surface area contributed by atoms with E-state index >= 15 is 0 Å². The molecular weight excluding hydrogens is 363 g/mol. The zero-order valence-corrected chi connectivity index (χ0v) is 15.3. The maximum absolute atomic E-state index is 14.2. The molecule has 2 atom stereocenters. The summed E-state index contributed by atoms with van der Waals surface area (Å²) in [6.45, 7) is 5.03. The quantitative estimate of drug-likeness (QED) is 0.829. The molecule has 1 N–H and O–H groups in total. The number of halogens is 2. The normalized spacial score (nSPS) is 18.1. The second kappa shape index (κ2) is 8.16. The fraction of sp³-hybridized carbons (Fsp3) is 0.444. The Morgan fingerprint density at radius 3 is 3.04 bits per heavy atom. The molecule has 1 aliphatic heterocycles. The summed E-state index contributed by atoms with van der Waals surface area (Å²) in [7, 11) is 0. The number of rotatable bonds is 6. The van der Waals surface area contributed by atoms with Gasteiger partial charge in [-0.25, -0.2) is 4.39 Å². The van der Waals surface area contributed by atoms with Crippen LogP contribution in [-0.2, 0) is 9.47 Å². The first-order chi connectivity index (χ1) is 12.5. The Labute approximate surface area is 155 Å². The lowest BCUT2D eigenvalue weighted by Gasteiger charge is -2.17. The number of amides is 1. The fourth-order valence-corrected chi connectivity index (χ4v) is 3.05. The van der Waals surface area contributed by atoms with Gasteiger partial charge in [0.05, 0.1) is 29.9 Å². The second-order valence-corrected chi connectivity index (χ2v) is 6.66. The van der Waals surface area contributed by atoms with Crippen LogP contribution in [0.3, 0.4) is 0 Å². The first kappa shape index (κ1) is 18.8. The molecule has 0 saturated carbocycles. The molecule has 140 valence electrons. The number of nitrogens with one attached hydrogen (secondary N) is 1. The minimum atomic E-state index is -0.572. The molecule has 26 heavy (non-hydrogen) atoms. The molecule has 1 aromatic heterocycles. The van der Waals surface area contributed by atoms with Gasteiger partial charge in [-0.1, -0.05) is 22.8 Å². The number of carbonyl (C=O) groups excluding carboxylic acids is 1. The summed E-state index contributed by atoms with van der Waals surface area (Å²) < 4.78 is 30.3. The molecule has 3 rings (SSSR count). The van der Waals surface area contributed by atoms with E-state index in [0.717, 1.165) is 6.42 Å². The molecule has 0 radical (unpaired) electrons. The SMILES string of the molecule is Cc1onc(-c2c(F)cccc2Cl)c1C(=O)N[C@@H](C)CO[C@H]1CCOC1. The van der Waals surface area contributed by atoms with E-state index in [1.54, 1.807) is 6.92 Å². The first-order valence-corrected chi connectivity index (χ1v) is 8.76. The topological polar surface area (TPSA) is 73.6 Å². The van der Waals surface area contributed by atoms with Crippen LogP contribution in [0.4, 0.5) is 4.39 Å². The number of benzene rings is 1. The van der Waals surface area contributed by atoms with Gasteiger partial charge in [-0.05, 0) is 32.4 Å². The molecule has 0 spiro atoms. The zero-order chi connectivity index (χ0) is 18.7. The Morgan fingerprint density at radius 2 is 2.35 bits per heavy atom. The highest BCUT2D eigenvalue weighted by Crippen LogP contribution is 2.33. The van der Waals surface area contributed by atoms with E-state index in [0.29, 0.717) is 19.8 Å². The predicted octanol–water partition coefficient (Wildman–Crippen LogP) is 3.37. The van der Waals surface area contributed by atoms with Gasteiger partial charge in [0.25, 0.3) is 5.91 Å². The molecular formula is C18H20ClFN2O4. The zero-order valence-electron chi connectivity index (χ0n) is 14.6. The Balaban J connectivity index is 1.74. The Morgan fingerprint density at radius 1 is 1.54 bits per heavy atom. The summed E-state index contributed by atoms with van der Waals surface area (Å²) in [5, 5.41) is 6.82. The van der Waals surface area contributed by atoms with E-state index in [-0.39, 0.29) is 39.7 Å². The van der Waals surface area contributed by atoms with Crippen LogP contribution in [-0.4, -0.2) is 43.0 Å². The molecule has 2 heterocycles. The van der Waals surface area contributed by atoms with E-state index < -0.39 is 11.7 Å². The van der Waals surface area contributed by atoms with Gasteiger partial charge in [-0.15, -0.1) is 0 Å². The van der Waals surface area contributed by atoms with Crippen molar-refractivity contribution in [2.75, 3.05) is 19.8 Å². The molecule has 6 nitrogen and oxygen atoms in total. The number of nitrogens with zero attached hydrogens (tertiary/aromatic N) is 1. The van der Waals surface area contributed by atoms with Crippen LogP contribution >= 0.6 is 11.6 Å². The average molecular weight is 383 g/mol. The van der Waals surface area contributed by atoms with Crippen LogP contribution < -0.4 is 5.32 Å². The van der Waals surface area contributed by atoms with Crippen molar-refractivity contribution in [3.05, 3.63) is 40.4 Å². The van der Waals surface area contributed by atoms with Crippen molar-refractivity contribution < 1.29 is 23.2 Å². The summed E-state index contributed by atoms with van der Waals surface area (Å²) in [5.41, 5.74) is 0.289. The molecule has 1 amide bonds. The summed E-state index contributed by atoms with van der Waals surface area (Å²) in [6, 6.07) is 4.03. The lowest BCUT2D eigenvalue weighted by atomic mass is 10.0.